The van der Waals surface area contributed by atoms with Gasteiger partial charge < -0.3 is 11.5 Å². The van der Waals surface area contributed by atoms with E-state index >= 15 is 0 Å². The number of primary amides is 2. The Morgan fingerprint density at radius 3 is 1.30 bits per heavy atom. The molecule has 0 bridgehead atoms. The van der Waals surface area contributed by atoms with Gasteiger partial charge in [-0.1, -0.05) is 0 Å². The highest BCUT2D eigenvalue weighted by molar-refractivity contribution is 5.77. The molecule has 10 heavy (non-hydrogen) atoms. The van der Waals surface area contributed by atoms with Crippen LogP contribution >= 0.6 is 0 Å². The standard InChI is InChI=1S/C4H10N4O2/c1-7(3(5)9)8(2)4(6)10/h1-2H3,(H2,5,9)(H2,6,10). The van der Waals surface area contributed by atoms with Crippen molar-refractivity contribution >= 4 is 12.1 Å². The minimum absolute atomic E-state index is 0.735. The van der Waals surface area contributed by atoms with Crippen molar-refractivity contribution < 1.29 is 9.59 Å². The lowest BCUT2D eigenvalue weighted by atomic mass is 10.8. The van der Waals surface area contributed by atoms with Gasteiger partial charge in [0.05, 0.1) is 0 Å². The molecule has 0 aromatic heterocycles. The predicted molar refractivity (Wildman–Crippen MR) is 34.7 cm³/mol. The maximum atomic E-state index is 10.3. The number of hydrazine groups is 1. The fraction of sp³-hybridized carbons (Fsp3) is 0.500. The van der Waals surface area contributed by atoms with Gasteiger partial charge in [0.15, 0.2) is 0 Å². The Hall–Kier alpha value is -1.46. The van der Waals surface area contributed by atoms with Gasteiger partial charge in [0, 0.05) is 14.1 Å². The monoisotopic (exact) mass is 146 g/mol. The lowest BCUT2D eigenvalue weighted by Gasteiger charge is -2.23. The van der Waals surface area contributed by atoms with Gasteiger partial charge >= 0.3 is 12.1 Å². The van der Waals surface area contributed by atoms with E-state index in [1.165, 1.54) is 14.1 Å². The molecule has 0 saturated carbocycles. The molecule has 0 unspecified atom stereocenters. The number of amides is 4. The second kappa shape index (κ2) is 2.90. The van der Waals surface area contributed by atoms with E-state index < -0.39 is 12.1 Å². The van der Waals surface area contributed by atoms with Crippen molar-refractivity contribution in [3.8, 4) is 0 Å². The molecule has 4 amide bonds. The highest BCUT2D eigenvalue weighted by atomic mass is 16.2. The summed E-state index contributed by atoms with van der Waals surface area (Å²) in [6.45, 7) is 0. The summed E-state index contributed by atoms with van der Waals surface area (Å²) in [5.41, 5.74) is 9.62. The average Bonchev–Trinajstić information content (AvgIpc) is 1.84. The predicted octanol–water partition coefficient (Wildman–Crippen LogP) is -1.08. The zero-order valence-corrected chi connectivity index (χ0v) is 5.87. The molecule has 0 aliphatic rings. The van der Waals surface area contributed by atoms with Crippen LogP contribution in [0.2, 0.25) is 0 Å². The maximum absolute atomic E-state index is 10.3. The highest BCUT2D eigenvalue weighted by Gasteiger charge is 2.11. The van der Waals surface area contributed by atoms with E-state index in [2.05, 4.69) is 0 Å². The molecule has 0 aromatic carbocycles. The van der Waals surface area contributed by atoms with Gasteiger partial charge in [0.2, 0.25) is 0 Å². The van der Waals surface area contributed by atoms with Crippen molar-refractivity contribution in [2.75, 3.05) is 14.1 Å². The zero-order chi connectivity index (χ0) is 8.31. The SMILES string of the molecule is CN(C(N)=O)N(C)C(N)=O. The minimum atomic E-state index is -0.735. The van der Waals surface area contributed by atoms with Crippen molar-refractivity contribution in [3.63, 3.8) is 0 Å². The first kappa shape index (κ1) is 8.54. The van der Waals surface area contributed by atoms with Crippen LogP contribution in [0.5, 0.6) is 0 Å². The van der Waals surface area contributed by atoms with Crippen molar-refractivity contribution in [2.45, 2.75) is 0 Å². The Morgan fingerprint density at radius 2 is 1.20 bits per heavy atom. The molecule has 0 heterocycles. The third-order valence-electron chi connectivity index (χ3n) is 1.09. The molecule has 0 saturated heterocycles. The Kier molecular flexibility index (Phi) is 2.48. The smallest absolute Gasteiger partial charge is 0.333 e. The van der Waals surface area contributed by atoms with Crippen LogP contribution in [0.15, 0.2) is 0 Å². The molecule has 0 radical (unpaired) electrons. The summed E-state index contributed by atoms with van der Waals surface area (Å²) >= 11 is 0. The number of rotatable bonds is 0. The fourth-order valence-corrected chi connectivity index (χ4v) is 0.296. The van der Waals surface area contributed by atoms with Gasteiger partial charge in [-0.3, -0.25) is 0 Å². The normalized spacial score (nSPS) is 8.60. The number of urea groups is 2. The summed E-state index contributed by atoms with van der Waals surface area (Å²) in [7, 11) is 2.68. The Labute approximate surface area is 58.3 Å². The molecule has 4 N–H and O–H groups in total. The number of hydrogen-bond donors (Lipinski definition) is 2. The van der Waals surface area contributed by atoms with E-state index in [9.17, 15) is 9.59 Å². The van der Waals surface area contributed by atoms with Crippen LogP contribution in [0.1, 0.15) is 0 Å². The Morgan fingerprint density at radius 1 is 1.00 bits per heavy atom. The molecule has 0 atom stereocenters. The number of carbonyl (C=O) groups is 2. The third-order valence-corrected chi connectivity index (χ3v) is 1.09. The third kappa shape index (κ3) is 1.81. The van der Waals surface area contributed by atoms with E-state index in [-0.39, 0.29) is 0 Å². The summed E-state index contributed by atoms with van der Waals surface area (Å²) < 4.78 is 0. The lowest BCUT2D eigenvalue weighted by Crippen LogP contribution is -2.49. The first-order chi connectivity index (χ1) is 4.46. The molecule has 58 valence electrons. The van der Waals surface area contributed by atoms with Crippen molar-refractivity contribution in [2.24, 2.45) is 11.5 Å². The molecule has 0 aliphatic carbocycles. The Balaban J connectivity index is 4.07. The molecular formula is C4H10N4O2. The van der Waals surface area contributed by atoms with Crippen LogP contribution in [0, 0.1) is 0 Å². The van der Waals surface area contributed by atoms with Crippen molar-refractivity contribution in [1.29, 1.82) is 0 Å². The molecule has 0 rings (SSSR count). The van der Waals surface area contributed by atoms with E-state index in [1.54, 1.807) is 0 Å². The minimum Gasteiger partial charge on any atom is -0.350 e. The number of nitrogens with zero attached hydrogens (tertiary/aromatic N) is 2. The van der Waals surface area contributed by atoms with Crippen LogP contribution in [-0.2, 0) is 0 Å². The maximum Gasteiger partial charge on any atom is 0.333 e. The van der Waals surface area contributed by atoms with E-state index in [1.807, 2.05) is 0 Å². The first-order valence-corrected chi connectivity index (χ1v) is 2.53. The van der Waals surface area contributed by atoms with Gasteiger partial charge in [-0.15, -0.1) is 0 Å². The van der Waals surface area contributed by atoms with Crippen LogP contribution < -0.4 is 11.5 Å². The lowest BCUT2D eigenvalue weighted by molar-refractivity contribution is 0.0975. The van der Waals surface area contributed by atoms with Crippen molar-refractivity contribution in [3.05, 3.63) is 0 Å². The van der Waals surface area contributed by atoms with Gasteiger partial charge in [0.1, 0.15) is 0 Å². The summed E-state index contributed by atoms with van der Waals surface area (Å²) in [6.07, 6.45) is 0. The molecule has 6 heteroatoms. The summed E-state index contributed by atoms with van der Waals surface area (Å²) in [5, 5.41) is 1.81. The van der Waals surface area contributed by atoms with E-state index in [0.29, 0.717) is 0 Å². The highest BCUT2D eigenvalue weighted by Crippen LogP contribution is 1.87. The quantitative estimate of drug-likeness (QED) is 0.425. The molecule has 0 aliphatic heterocycles. The molecular weight excluding hydrogens is 136 g/mol. The second-order valence-electron chi connectivity index (χ2n) is 1.72. The van der Waals surface area contributed by atoms with Crippen LogP contribution in [-0.4, -0.2) is 36.2 Å². The first-order valence-electron chi connectivity index (χ1n) is 2.53. The molecule has 0 aromatic rings. The Bertz CT molecular complexity index is 139. The summed E-state index contributed by atoms with van der Waals surface area (Å²) in [5.74, 6) is 0. The van der Waals surface area contributed by atoms with Gasteiger partial charge in [0.25, 0.3) is 0 Å². The topological polar surface area (TPSA) is 92.7 Å². The van der Waals surface area contributed by atoms with Crippen molar-refractivity contribution in [1.82, 2.24) is 10.0 Å². The van der Waals surface area contributed by atoms with Crippen LogP contribution in [0.4, 0.5) is 9.59 Å². The number of carbonyl (C=O) groups excluding carboxylic acids is 2. The van der Waals surface area contributed by atoms with E-state index in [0.717, 1.165) is 10.0 Å². The largest absolute Gasteiger partial charge is 0.350 e. The molecule has 6 nitrogen and oxygen atoms in total. The van der Waals surface area contributed by atoms with E-state index in [4.69, 9.17) is 11.5 Å². The van der Waals surface area contributed by atoms with Gasteiger partial charge in [-0.05, 0) is 0 Å². The number of nitrogens with two attached hydrogens (primary N) is 2. The second-order valence-corrected chi connectivity index (χ2v) is 1.72. The average molecular weight is 146 g/mol. The van der Waals surface area contributed by atoms with Crippen LogP contribution in [0.3, 0.4) is 0 Å². The molecule has 0 fully saturated rings. The zero-order valence-electron chi connectivity index (χ0n) is 5.87. The van der Waals surface area contributed by atoms with Crippen LogP contribution in [0.25, 0.3) is 0 Å². The van der Waals surface area contributed by atoms with Gasteiger partial charge in [-0.2, -0.15) is 0 Å². The fourth-order valence-electron chi connectivity index (χ4n) is 0.296. The van der Waals surface area contributed by atoms with Gasteiger partial charge in [-0.25, -0.2) is 19.6 Å². The summed E-state index contributed by atoms with van der Waals surface area (Å²) in [6, 6.07) is -1.47. The number of hydrogen-bond acceptors (Lipinski definition) is 2. The molecule has 0 spiro atoms. The summed E-state index contributed by atoms with van der Waals surface area (Å²) in [4.78, 5) is 20.7.